The van der Waals surface area contributed by atoms with E-state index in [-0.39, 0.29) is 18.0 Å². The van der Waals surface area contributed by atoms with Crippen LogP contribution in [0.5, 0.6) is 0 Å². The molecule has 0 saturated heterocycles. The SMILES string of the molecule is O=C1N[C@@H]2C[C@H](c3ccccc31)n1c2nc2ccc(Cl)nc21. The van der Waals surface area contributed by atoms with E-state index < -0.39 is 0 Å². The summed E-state index contributed by atoms with van der Waals surface area (Å²) in [5.41, 5.74) is 3.33. The molecule has 0 radical (unpaired) electrons. The highest BCUT2D eigenvalue weighted by Crippen LogP contribution is 2.43. The average Bonchev–Trinajstić information content (AvgIpc) is 3.00. The second-order valence-electron chi connectivity index (χ2n) is 5.68. The van der Waals surface area contributed by atoms with Gasteiger partial charge in [-0.3, -0.25) is 4.79 Å². The Labute approximate surface area is 130 Å². The largest absolute Gasteiger partial charge is 0.342 e. The summed E-state index contributed by atoms with van der Waals surface area (Å²) in [5.74, 6) is 0.824. The van der Waals surface area contributed by atoms with Gasteiger partial charge in [-0.15, -0.1) is 0 Å². The molecule has 2 aliphatic rings. The van der Waals surface area contributed by atoms with Gasteiger partial charge in [-0.25, -0.2) is 9.97 Å². The second kappa shape index (κ2) is 4.08. The molecule has 0 fully saturated rings. The molecule has 0 aliphatic carbocycles. The maximum absolute atomic E-state index is 12.4. The predicted molar refractivity (Wildman–Crippen MR) is 81.9 cm³/mol. The number of benzene rings is 1. The van der Waals surface area contributed by atoms with Crippen molar-refractivity contribution < 1.29 is 4.79 Å². The number of hydrogen-bond acceptors (Lipinski definition) is 3. The summed E-state index contributed by atoms with van der Waals surface area (Å²) in [6.07, 6.45) is 0.801. The first-order valence-electron chi connectivity index (χ1n) is 7.16. The molecular weight excluding hydrogens is 300 g/mol. The highest BCUT2D eigenvalue weighted by Gasteiger charge is 2.40. The van der Waals surface area contributed by atoms with Crippen molar-refractivity contribution in [1.29, 1.82) is 0 Å². The van der Waals surface area contributed by atoms with Crippen LogP contribution in [0.2, 0.25) is 5.15 Å². The standard InChI is InChI=1S/C16H11ClN4O/c17-13-6-5-10-14(20-13)21-12-7-11(15(21)18-10)19-16(22)9-4-2-1-3-8(9)12/h1-6,11-12H,7H2,(H,19,22)/t11-,12-/m1/s1. The van der Waals surface area contributed by atoms with Crippen molar-refractivity contribution >= 4 is 28.7 Å². The number of imidazole rings is 1. The molecule has 4 heterocycles. The third-order valence-electron chi connectivity index (χ3n) is 4.48. The molecule has 5 rings (SSSR count). The number of hydrogen-bond donors (Lipinski definition) is 1. The van der Waals surface area contributed by atoms with E-state index in [0.717, 1.165) is 34.5 Å². The third-order valence-corrected chi connectivity index (χ3v) is 4.69. The summed E-state index contributed by atoms with van der Waals surface area (Å²) >= 11 is 6.05. The number of carbonyl (C=O) groups is 1. The molecule has 1 aromatic carbocycles. The Morgan fingerprint density at radius 3 is 2.95 bits per heavy atom. The molecule has 1 N–H and O–H groups in total. The quantitative estimate of drug-likeness (QED) is 0.650. The Balaban J connectivity index is 1.85. The van der Waals surface area contributed by atoms with Gasteiger partial charge in [-0.2, -0.15) is 0 Å². The summed E-state index contributed by atoms with van der Waals surface area (Å²) in [6, 6.07) is 11.3. The van der Waals surface area contributed by atoms with Crippen LogP contribution in [0.4, 0.5) is 0 Å². The van der Waals surface area contributed by atoms with E-state index in [2.05, 4.69) is 19.9 Å². The first kappa shape index (κ1) is 12.2. The van der Waals surface area contributed by atoms with Crippen LogP contribution in [0.15, 0.2) is 36.4 Å². The van der Waals surface area contributed by atoms with E-state index in [0.29, 0.717) is 5.15 Å². The highest BCUT2D eigenvalue weighted by molar-refractivity contribution is 6.29. The topological polar surface area (TPSA) is 59.8 Å². The van der Waals surface area contributed by atoms with Crippen LogP contribution < -0.4 is 5.32 Å². The number of fused-ring (bicyclic) bond motifs is 9. The van der Waals surface area contributed by atoms with Crippen molar-refractivity contribution in [2.75, 3.05) is 0 Å². The fourth-order valence-electron chi connectivity index (χ4n) is 3.58. The molecule has 1 amide bonds. The van der Waals surface area contributed by atoms with Crippen molar-refractivity contribution in [2.45, 2.75) is 18.5 Å². The van der Waals surface area contributed by atoms with Gasteiger partial charge in [0.25, 0.3) is 5.91 Å². The molecule has 108 valence electrons. The van der Waals surface area contributed by atoms with Gasteiger partial charge < -0.3 is 9.88 Å². The van der Waals surface area contributed by atoms with Crippen molar-refractivity contribution in [3.8, 4) is 0 Å². The first-order valence-corrected chi connectivity index (χ1v) is 7.54. The fraction of sp³-hybridized carbons (Fsp3) is 0.188. The molecule has 6 heteroatoms. The lowest BCUT2D eigenvalue weighted by Crippen LogP contribution is -2.27. The minimum Gasteiger partial charge on any atom is -0.342 e. The molecule has 0 spiro atoms. The maximum Gasteiger partial charge on any atom is 0.252 e. The van der Waals surface area contributed by atoms with E-state index in [4.69, 9.17) is 11.6 Å². The normalized spacial score (nSPS) is 22.1. The third kappa shape index (κ3) is 1.46. The molecule has 0 unspecified atom stereocenters. The molecule has 2 atom stereocenters. The number of nitrogens with zero attached hydrogens (tertiary/aromatic N) is 3. The van der Waals surface area contributed by atoms with E-state index >= 15 is 0 Å². The van der Waals surface area contributed by atoms with Crippen LogP contribution >= 0.6 is 11.6 Å². The molecule has 2 aromatic heterocycles. The number of halogens is 1. The van der Waals surface area contributed by atoms with Crippen LogP contribution in [-0.4, -0.2) is 20.4 Å². The van der Waals surface area contributed by atoms with Crippen LogP contribution in [0, 0.1) is 0 Å². The number of nitrogens with one attached hydrogen (secondary N) is 1. The summed E-state index contributed by atoms with van der Waals surface area (Å²) < 4.78 is 2.12. The van der Waals surface area contributed by atoms with Gasteiger partial charge in [0.05, 0.1) is 12.1 Å². The van der Waals surface area contributed by atoms with Gasteiger partial charge in [0.15, 0.2) is 5.65 Å². The summed E-state index contributed by atoms with van der Waals surface area (Å²) in [4.78, 5) is 21.5. The van der Waals surface area contributed by atoms with E-state index in [1.54, 1.807) is 6.07 Å². The molecule has 0 saturated carbocycles. The lowest BCUT2D eigenvalue weighted by Gasteiger charge is -2.17. The summed E-state index contributed by atoms with van der Waals surface area (Å²) in [6.45, 7) is 0. The Morgan fingerprint density at radius 2 is 2.05 bits per heavy atom. The summed E-state index contributed by atoms with van der Waals surface area (Å²) in [7, 11) is 0. The van der Waals surface area contributed by atoms with Gasteiger partial charge in [-0.05, 0) is 30.2 Å². The molecule has 3 aromatic rings. The zero-order valence-electron chi connectivity index (χ0n) is 11.5. The lowest BCUT2D eigenvalue weighted by atomic mass is 9.99. The minimum absolute atomic E-state index is 0.0348. The van der Waals surface area contributed by atoms with Crippen LogP contribution in [0.3, 0.4) is 0 Å². The summed E-state index contributed by atoms with van der Waals surface area (Å²) in [5, 5.41) is 3.53. The minimum atomic E-state index is -0.0853. The fourth-order valence-corrected chi connectivity index (χ4v) is 3.72. The number of rotatable bonds is 0. The van der Waals surface area contributed by atoms with E-state index in [1.807, 2.05) is 30.3 Å². The zero-order valence-corrected chi connectivity index (χ0v) is 12.2. The van der Waals surface area contributed by atoms with Gasteiger partial charge >= 0.3 is 0 Å². The smallest absolute Gasteiger partial charge is 0.252 e. The highest BCUT2D eigenvalue weighted by atomic mass is 35.5. The predicted octanol–water partition coefficient (Wildman–Crippen LogP) is 2.86. The Kier molecular flexibility index (Phi) is 2.26. The number of amides is 1. The van der Waals surface area contributed by atoms with E-state index in [9.17, 15) is 4.79 Å². The first-order chi connectivity index (χ1) is 10.7. The van der Waals surface area contributed by atoms with Crippen LogP contribution in [0.25, 0.3) is 11.2 Å². The Hall–Kier alpha value is -2.40. The van der Waals surface area contributed by atoms with Crippen molar-refractivity contribution in [3.05, 3.63) is 58.5 Å². The van der Waals surface area contributed by atoms with Crippen LogP contribution in [0.1, 0.15) is 40.3 Å². The van der Waals surface area contributed by atoms with Gasteiger partial charge in [0.2, 0.25) is 0 Å². The molecule has 2 bridgehead atoms. The Morgan fingerprint density at radius 1 is 1.18 bits per heavy atom. The monoisotopic (exact) mass is 310 g/mol. The number of carbonyl (C=O) groups excluding carboxylic acids is 1. The van der Waals surface area contributed by atoms with Crippen LogP contribution in [-0.2, 0) is 0 Å². The number of pyridine rings is 1. The molecule has 2 aliphatic heterocycles. The average molecular weight is 311 g/mol. The number of aromatic nitrogens is 3. The molecule has 22 heavy (non-hydrogen) atoms. The lowest BCUT2D eigenvalue weighted by molar-refractivity contribution is 0.0939. The van der Waals surface area contributed by atoms with Crippen molar-refractivity contribution in [1.82, 2.24) is 19.9 Å². The van der Waals surface area contributed by atoms with Crippen molar-refractivity contribution in [2.24, 2.45) is 0 Å². The van der Waals surface area contributed by atoms with Gasteiger partial charge in [0.1, 0.15) is 16.5 Å². The van der Waals surface area contributed by atoms with Gasteiger partial charge in [0, 0.05) is 5.56 Å². The molecule has 5 nitrogen and oxygen atoms in total. The van der Waals surface area contributed by atoms with Gasteiger partial charge in [-0.1, -0.05) is 29.8 Å². The maximum atomic E-state index is 12.4. The zero-order chi connectivity index (χ0) is 14.8. The van der Waals surface area contributed by atoms with E-state index in [1.165, 1.54) is 0 Å². The van der Waals surface area contributed by atoms with Crippen molar-refractivity contribution in [3.63, 3.8) is 0 Å². The molecular formula is C16H11ClN4O. The Bertz CT molecular complexity index is 948. The second-order valence-corrected chi connectivity index (χ2v) is 6.07.